The second-order valence-corrected chi connectivity index (χ2v) is 4.60. The van der Waals surface area contributed by atoms with Gasteiger partial charge in [0.1, 0.15) is 18.1 Å². The summed E-state index contributed by atoms with van der Waals surface area (Å²) in [5, 5.41) is 2.84. The van der Waals surface area contributed by atoms with Crippen LogP contribution in [0, 0.1) is 6.92 Å². The average Bonchev–Trinajstić information content (AvgIpc) is 2.52. The zero-order chi connectivity index (χ0) is 15.1. The van der Waals surface area contributed by atoms with E-state index >= 15 is 0 Å². The molecule has 2 aromatic carbocycles. The normalized spacial score (nSPS) is 10.0. The highest BCUT2D eigenvalue weighted by atomic mass is 16.5. The van der Waals surface area contributed by atoms with Gasteiger partial charge in [-0.05, 0) is 30.7 Å². The van der Waals surface area contributed by atoms with E-state index in [1.807, 2.05) is 55.5 Å². The molecule has 0 atom stereocenters. The molecule has 0 spiro atoms. The van der Waals surface area contributed by atoms with Gasteiger partial charge in [0.05, 0.1) is 13.7 Å². The maximum atomic E-state index is 12.0. The van der Waals surface area contributed by atoms with Crippen LogP contribution in [0.25, 0.3) is 0 Å². The van der Waals surface area contributed by atoms with Crippen LogP contribution in [0.2, 0.25) is 0 Å². The van der Waals surface area contributed by atoms with Gasteiger partial charge in [-0.3, -0.25) is 4.79 Å². The first-order valence-corrected chi connectivity index (χ1v) is 6.81. The van der Waals surface area contributed by atoms with Gasteiger partial charge >= 0.3 is 0 Å². The van der Waals surface area contributed by atoms with Gasteiger partial charge in [-0.2, -0.15) is 0 Å². The van der Waals surface area contributed by atoms with Crippen molar-refractivity contribution in [2.24, 2.45) is 0 Å². The first-order valence-electron chi connectivity index (χ1n) is 6.81. The highest BCUT2D eigenvalue weighted by Crippen LogP contribution is 2.18. The third kappa shape index (κ3) is 4.24. The number of hydrogen-bond donors (Lipinski definition) is 1. The van der Waals surface area contributed by atoms with Crippen LogP contribution >= 0.6 is 0 Å². The van der Waals surface area contributed by atoms with E-state index in [0.29, 0.717) is 18.7 Å². The molecule has 0 saturated heterocycles. The van der Waals surface area contributed by atoms with Crippen molar-refractivity contribution in [3.05, 3.63) is 59.7 Å². The van der Waals surface area contributed by atoms with E-state index in [-0.39, 0.29) is 5.91 Å². The number of methoxy groups -OCH3 is 1. The molecule has 4 heteroatoms. The summed E-state index contributed by atoms with van der Waals surface area (Å²) in [7, 11) is 1.61. The van der Waals surface area contributed by atoms with Crippen molar-refractivity contribution in [3.8, 4) is 11.5 Å². The number of nitrogens with one attached hydrogen (secondary N) is 1. The lowest BCUT2D eigenvalue weighted by Crippen LogP contribution is -2.28. The van der Waals surface area contributed by atoms with E-state index in [4.69, 9.17) is 9.47 Å². The molecule has 0 saturated carbocycles. The summed E-state index contributed by atoms with van der Waals surface area (Å²) in [6.07, 6.45) is 0. The Morgan fingerprint density at radius 2 is 1.86 bits per heavy atom. The van der Waals surface area contributed by atoms with Crippen molar-refractivity contribution in [1.82, 2.24) is 5.32 Å². The van der Waals surface area contributed by atoms with Gasteiger partial charge in [-0.15, -0.1) is 0 Å². The van der Waals surface area contributed by atoms with Gasteiger partial charge in [-0.1, -0.05) is 24.3 Å². The second-order valence-electron chi connectivity index (χ2n) is 4.60. The molecule has 2 rings (SSSR count). The Bertz CT molecular complexity index is 610. The second kappa shape index (κ2) is 7.33. The lowest BCUT2D eigenvalue weighted by molar-refractivity contribution is 0.0946. The molecule has 0 unspecified atom stereocenters. The Labute approximate surface area is 124 Å². The monoisotopic (exact) mass is 285 g/mol. The van der Waals surface area contributed by atoms with Crippen LogP contribution in [0.4, 0.5) is 0 Å². The molecule has 0 heterocycles. The number of aryl methyl sites for hydroxylation is 1. The van der Waals surface area contributed by atoms with Crippen molar-refractivity contribution < 1.29 is 14.3 Å². The summed E-state index contributed by atoms with van der Waals surface area (Å²) in [5.74, 6) is 1.39. The molecule has 110 valence electrons. The topological polar surface area (TPSA) is 47.6 Å². The molecule has 0 aromatic heterocycles. The first kappa shape index (κ1) is 14.9. The number of benzene rings is 2. The molecule has 0 aliphatic carbocycles. The highest BCUT2D eigenvalue weighted by Gasteiger charge is 2.07. The molecule has 0 aliphatic heterocycles. The van der Waals surface area contributed by atoms with Crippen molar-refractivity contribution in [1.29, 1.82) is 0 Å². The van der Waals surface area contributed by atoms with Gasteiger partial charge in [0.2, 0.25) is 0 Å². The number of carbonyl (C=O) groups excluding carboxylic acids is 1. The Hall–Kier alpha value is -2.49. The molecule has 0 aliphatic rings. The van der Waals surface area contributed by atoms with Gasteiger partial charge in [0, 0.05) is 11.6 Å². The highest BCUT2D eigenvalue weighted by molar-refractivity contribution is 5.95. The van der Waals surface area contributed by atoms with Crippen molar-refractivity contribution in [2.45, 2.75) is 6.92 Å². The van der Waals surface area contributed by atoms with Crippen molar-refractivity contribution >= 4 is 5.91 Å². The molecular weight excluding hydrogens is 266 g/mol. The summed E-state index contributed by atoms with van der Waals surface area (Å²) in [6.45, 7) is 2.77. The molecule has 0 bridgehead atoms. The lowest BCUT2D eigenvalue weighted by Gasteiger charge is -2.09. The van der Waals surface area contributed by atoms with E-state index in [2.05, 4.69) is 5.32 Å². The quantitative estimate of drug-likeness (QED) is 0.830. The Morgan fingerprint density at radius 3 is 2.62 bits per heavy atom. The Balaban J connectivity index is 1.79. The molecule has 1 N–H and O–H groups in total. The molecule has 0 fully saturated rings. The van der Waals surface area contributed by atoms with Crippen molar-refractivity contribution in [2.75, 3.05) is 20.3 Å². The number of ether oxygens (including phenoxy) is 2. The van der Waals surface area contributed by atoms with Crippen LogP contribution in [-0.2, 0) is 0 Å². The number of rotatable bonds is 6. The Kier molecular flexibility index (Phi) is 5.21. The molecular formula is C17H19NO3. The minimum Gasteiger partial charge on any atom is -0.497 e. The summed E-state index contributed by atoms with van der Waals surface area (Å²) < 4.78 is 10.7. The number of amides is 1. The van der Waals surface area contributed by atoms with Crippen LogP contribution < -0.4 is 14.8 Å². The van der Waals surface area contributed by atoms with Gasteiger partial charge in [0.25, 0.3) is 5.91 Å². The SMILES string of the molecule is COc1cccc(OCCNC(=O)c2ccccc2C)c1. The van der Waals surface area contributed by atoms with Crippen LogP contribution in [0.5, 0.6) is 11.5 Å². The van der Waals surface area contributed by atoms with E-state index < -0.39 is 0 Å². The van der Waals surface area contributed by atoms with E-state index in [9.17, 15) is 4.79 Å². The maximum Gasteiger partial charge on any atom is 0.251 e. The molecule has 1 amide bonds. The van der Waals surface area contributed by atoms with Gasteiger partial charge in [-0.25, -0.2) is 0 Å². The third-order valence-electron chi connectivity index (χ3n) is 3.09. The predicted octanol–water partition coefficient (Wildman–Crippen LogP) is 2.81. The number of hydrogen-bond acceptors (Lipinski definition) is 3. The average molecular weight is 285 g/mol. The standard InChI is InChI=1S/C17H19NO3/c1-13-6-3-4-9-16(13)17(19)18-10-11-21-15-8-5-7-14(12-15)20-2/h3-9,12H,10-11H2,1-2H3,(H,18,19). The lowest BCUT2D eigenvalue weighted by atomic mass is 10.1. The molecule has 0 radical (unpaired) electrons. The van der Waals surface area contributed by atoms with E-state index in [0.717, 1.165) is 17.1 Å². The maximum absolute atomic E-state index is 12.0. The molecule has 21 heavy (non-hydrogen) atoms. The fourth-order valence-electron chi connectivity index (χ4n) is 1.95. The minimum atomic E-state index is -0.0812. The largest absolute Gasteiger partial charge is 0.497 e. The molecule has 2 aromatic rings. The van der Waals surface area contributed by atoms with Crippen LogP contribution in [0.15, 0.2) is 48.5 Å². The summed E-state index contributed by atoms with van der Waals surface area (Å²) >= 11 is 0. The number of carbonyl (C=O) groups is 1. The predicted molar refractivity (Wildman–Crippen MR) is 82.0 cm³/mol. The van der Waals surface area contributed by atoms with Crippen LogP contribution in [0.3, 0.4) is 0 Å². The molecule has 4 nitrogen and oxygen atoms in total. The first-order chi connectivity index (χ1) is 10.2. The smallest absolute Gasteiger partial charge is 0.251 e. The minimum absolute atomic E-state index is 0.0812. The van der Waals surface area contributed by atoms with Crippen LogP contribution in [0.1, 0.15) is 15.9 Å². The summed E-state index contributed by atoms with van der Waals surface area (Å²) in [5.41, 5.74) is 1.66. The van der Waals surface area contributed by atoms with E-state index in [1.165, 1.54) is 0 Å². The van der Waals surface area contributed by atoms with Crippen molar-refractivity contribution in [3.63, 3.8) is 0 Å². The van der Waals surface area contributed by atoms with Crippen LogP contribution in [-0.4, -0.2) is 26.2 Å². The summed E-state index contributed by atoms with van der Waals surface area (Å²) in [4.78, 5) is 12.0. The fourth-order valence-corrected chi connectivity index (χ4v) is 1.95. The third-order valence-corrected chi connectivity index (χ3v) is 3.09. The zero-order valence-corrected chi connectivity index (χ0v) is 12.3. The fraction of sp³-hybridized carbons (Fsp3) is 0.235. The summed E-state index contributed by atoms with van der Waals surface area (Å²) in [6, 6.07) is 14.9. The van der Waals surface area contributed by atoms with E-state index in [1.54, 1.807) is 7.11 Å². The van der Waals surface area contributed by atoms with Gasteiger partial charge < -0.3 is 14.8 Å². The van der Waals surface area contributed by atoms with Gasteiger partial charge in [0.15, 0.2) is 0 Å². The zero-order valence-electron chi connectivity index (χ0n) is 12.3. The Morgan fingerprint density at radius 1 is 1.10 bits per heavy atom.